The van der Waals surface area contributed by atoms with E-state index < -0.39 is 0 Å². The lowest BCUT2D eigenvalue weighted by molar-refractivity contribution is -0.122. The molecule has 1 fully saturated rings. The first-order valence-electron chi connectivity index (χ1n) is 7.81. The maximum absolute atomic E-state index is 12.3. The Hall–Kier alpha value is -1.50. The normalized spacial score (nSPS) is 21.3. The highest BCUT2D eigenvalue weighted by atomic mass is 32.2. The van der Waals surface area contributed by atoms with E-state index in [-0.39, 0.29) is 5.91 Å². The molecular formula is C18H18N2OS3. The van der Waals surface area contributed by atoms with Gasteiger partial charge in [-0.3, -0.25) is 9.69 Å². The number of amides is 1. The monoisotopic (exact) mass is 374 g/mol. The van der Waals surface area contributed by atoms with Gasteiger partial charge in [-0.1, -0.05) is 66.1 Å². The van der Waals surface area contributed by atoms with Gasteiger partial charge in [-0.15, -0.1) is 0 Å². The van der Waals surface area contributed by atoms with Gasteiger partial charge in [-0.2, -0.15) is 0 Å². The number of hydrogen-bond donors (Lipinski definition) is 0. The number of carbonyl (C=O) groups is 1. The summed E-state index contributed by atoms with van der Waals surface area (Å²) < 4.78 is 0.640. The van der Waals surface area contributed by atoms with Gasteiger partial charge in [0, 0.05) is 18.5 Å². The Labute approximate surface area is 156 Å². The van der Waals surface area contributed by atoms with Crippen molar-refractivity contribution in [2.24, 2.45) is 0 Å². The van der Waals surface area contributed by atoms with Crippen LogP contribution < -0.4 is 0 Å². The maximum atomic E-state index is 12.3. The zero-order chi connectivity index (χ0) is 17.1. The molecule has 0 aliphatic carbocycles. The van der Waals surface area contributed by atoms with Crippen LogP contribution in [-0.4, -0.2) is 33.1 Å². The minimum atomic E-state index is 0.00615. The summed E-state index contributed by atoms with van der Waals surface area (Å²) in [7, 11) is 0. The lowest BCUT2D eigenvalue weighted by Crippen LogP contribution is -2.27. The van der Waals surface area contributed by atoms with Crippen LogP contribution in [0.2, 0.25) is 0 Å². The fourth-order valence-electron chi connectivity index (χ4n) is 2.58. The molecule has 0 atom stereocenters. The number of allylic oxidation sites excluding steroid dienone is 2. The van der Waals surface area contributed by atoms with E-state index in [0.29, 0.717) is 15.8 Å². The molecule has 6 heteroatoms. The van der Waals surface area contributed by atoms with Gasteiger partial charge in [-0.05, 0) is 31.6 Å². The van der Waals surface area contributed by atoms with Gasteiger partial charge in [0.25, 0.3) is 5.91 Å². The van der Waals surface area contributed by atoms with Crippen LogP contribution in [0, 0.1) is 0 Å². The fourth-order valence-corrected chi connectivity index (χ4v) is 4.91. The van der Waals surface area contributed by atoms with Crippen molar-refractivity contribution in [1.29, 1.82) is 0 Å². The van der Waals surface area contributed by atoms with Crippen molar-refractivity contribution in [3.63, 3.8) is 0 Å². The number of thioether (sulfide) groups is 2. The summed E-state index contributed by atoms with van der Waals surface area (Å²) in [6, 6.07) is 10.3. The maximum Gasteiger partial charge on any atom is 0.266 e. The Bertz CT molecular complexity index is 753. The molecule has 24 heavy (non-hydrogen) atoms. The van der Waals surface area contributed by atoms with Crippen molar-refractivity contribution in [2.75, 3.05) is 13.1 Å². The van der Waals surface area contributed by atoms with Crippen LogP contribution in [0.1, 0.15) is 19.4 Å². The van der Waals surface area contributed by atoms with Crippen LogP contribution >= 0.6 is 35.7 Å². The highest BCUT2D eigenvalue weighted by molar-refractivity contribution is 8.26. The lowest BCUT2D eigenvalue weighted by Gasteiger charge is -2.21. The van der Waals surface area contributed by atoms with Crippen molar-refractivity contribution >= 4 is 51.7 Å². The SMILES string of the molecule is CCN1C(=O)/C(=C\C=C2/SC=C(c3ccccc3)N2CC)SC1=S. The first-order chi connectivity index (χ1) is 11.7. The molecule has 3 rings (SSSR count). The van der Waals surface area contributed by atoms with Crippen LogP contribution in [0.4, 0.5) is 0 Å². The molecule has 124 valence electrons. The third-order valence-electron chi connectivity index (χ3n) is 3.80. The Morgan fingerprint density at radius 2 is 1.79 bits per heavy atom. The van der Waals surface area contributed by atoms with Gasteiger partial charge in [0.05, 0.1) is 15.6 Å². The van der Waals surface area contributed by atoms with Crippen LogP contribution in [0.5, 0.6) is 0 Å². The molecule has 0 aromatic heterocycles. The van der Waals surface area contributed by atoms with Crippen molar-refractivity contribution in [3.05, 3.63) is 63.4 Å². The number of nitrogens with zero attached hydrogens (tertiary/aromatic N) is 2. The summed E-state index contributed by atoms with van der Waals surface area (Å²) in [5.41, 5.74) is 2.40. The number of benzene rings is 1. The topological polar surface area (TPSA) is 23.6 Å². The molecule has 0 spiro atoms. The number of likely N-dealkylation sites (N-methyl/N-ethyl adjacent to an activating group) is 1. The van der Waals surface area contributed by atoms with E-state index in [1.807, 2.05) is 37.3 Å². The molecule has 0 bridgehead atoms. The molecule has 2 aliphatic heterocycles. The lowest BCUT2D eigenvalue weighted by atomic mass is 10.1. The molecule has 0 unspecified atom stereocenters. The molecule has 1 saturated heterocycles. The van der Waals surface area contributed by atoms with Crippen molar-refractivity contribution < 1.29 is 4.79 Å². The molecular weight excluding hydrogens is 356 g/mol. The van der Waals surface area contributed by atoms with Gasteiger partial charge >= 0.3 is 0 Å². The van der Waals surface area contributed by atoms with E-state index in [9.17, 15) is 4.79 Å². The van der Waals surface area contributed by atoms with Crippen LogP contribution in [0.25, 0.3) is 5.70 Å². The Morgan fingerprint density at radius 3 is 2.42 bits per heavy atom. The molecule has 0 saturated carbocycles. The highest BCUT2D eigenvalue weighted by Crippen LogP contribution is 2.40. The summed E-state index contributed by atoms with van der Waals surface area (Å²) in [5.74, 6) is 0.00615. The number of thiocarbonyl (C=S) groups is 1. The van der Waals surface area contributed by atoms with Crippen molar-refractivity contribution in [1.82, 2.24) is 9.80 Å². The zero-order valence-corrected chi connectivity index (χ0v) is 16.0. The first kappa shape index (κ1) is 17.3. The average molecular weight is 375 g/mol. The summed E-state index contributed by atoms with van der Waals surface area (Å²) in [6.45, 7) is 5.57. The van der Waals surface area contributed by atoms with E-state index in [4.69, 9.17) is 12.2 Å². The third kappa shape index (κ3) is 3.31. The number of hydrogen-bond acceptors (Lipinski definition) is 5. The average Bonchev–Trinajstić information content (AvgIpc) is 3.13. The van der Waals surface area contributed by atoms with Gasteiger partial charge in [-0.25, -0.2) is 0 Å². The second-order valence-corrected chi connectivity index (χ2v) is 7.75. The highest BCUT2D eigenvalue weighted by Gasteiger charge is 2.30. The molecule has 3 nitrogen and oxygen atoms in total. The molecule has 0 radical (unpaired) electrons. The smallest absolute Gasteiger partial charge is 0.266 e. The second-order valence-electron chi connectivity index (χ2n) is 5.18. The molecule has 0 N–H and O–H groups in total. The number of rotatable bonds is 4. The second kappa shape index (κ2) is 7.59. The van der Waals surface area contributed by atoms with Crippen molar-refractivity contribution in [3.8, 4) is 0 Å². The minimum absolute atomic E-state index is 0.00615. The predicted molar refractivity (Wildman–Crippen MR) is 108 cm³/mol. The minimum Gasteiger partial charge on any atom is -0.335 e. The molecule has 1 aromatic carbocycles. The van der Waals surface area contributed by atoms with Crippen molar-refractivity contribution in [2.45, 2.75) is 13.8 Å². The van der Waals surface area contributed by atoms with Crippen LogP contribution in [-0.2, 0) is 4.79 Å². The van der Waals surface area contributed by atoms with E-state index in [1.165, 1.54) is 23.0 Å². The van der Waals surface area contributed by atoms with Gasteiger partial charge in [0.2, 0.25) is 0 Å². The summed E-state index contributed by atoms with van der Waals surface area (Å²) in [6.07, 6.45) is 3.91. The number of carbonyl (C=O) groups excluding carboxylic acids is 1. The standard InChI is InChI=1S/C18H18N2OS3/c1-3-19-14(13-8-6-5-7-9-13)12-23-16(19)11-10-15-17(21)20(4-2)18(22)24-15/h5-12H,3-4H2,1-2H3/b15-10+,16-11-. The summed E-state index contributed by atoms with van der Waals surface area (Å²) >= 11 is 8.31. The molecule has 1 aromatic rings. The van der Waals surface area contributed by atoms with Gasteiger partial charge < -0.3 is 4.90 Å². The first-order valence-corrected chi connectivity index (χ1v) is 9.91. The fraction of sp³-hybridized carbons (Fsp3) is 0.222. The molecule has 1 amide bonds. The molecule has 2 aliphatic rings. The molecule has 2 heterocycles. The predicted octanol–water partition coefficient (Wildman–Crippen LogP) is 4.66. The van der Waals surface area contributed by atoms with E-state index in [2.05, 4.69) is 29.4 Å². The van der Waals surface area contributed by atoms with E-state index in [0.717, 1.165) is 11.6 Å². The van der Waals surface area contributed by atoms with Crippen LogP contribution in [0.15, 0.2) is 57.8 Å². The Balaban J connectivity index is 1.81. The summed E-state index contributed by atoms with van der Waals surface area (Å²) in [4.78, 5) is 16.9. The quantitative estimate of drug-likeness (QED) is 0.563. The Kier molecular flexibility index (Phi) is 5.48. The van der Waals surface area contributed by atoms with Gasteiger partial charge in [0.15, 0.2) is 0 Å². The Morgan fingerprint density at radius 1 is 1.08 bits per heavy atom. The van der Waals surface area contributed by atoms with Crippen LogP contribution in [0.3, 0.4) is 0 Å². The zero-order valence-electron chi connectivity index (χ0n) is 13.6. The largest absolute Gasteiger partial charge is 0.335 e. The van der Waals surface area contributed by atoms with E-state index in [1.54, 1.807) is 16.7 Å². The third-order valence-corrected chi connectivity index (χ3v) is 6.14. The summed E-state index contributed by atoms with van der Waals surface area (Å²) in [5, 5.41) is 3.29. The van der Waals surface area contributed by atoms with Gasteiger partial charge in [0.1, 0.15) is 4.32 Å². The van der Waals surface area contributed by atoms with E-state index >= 15 is 0 Å².